The summed E-state index contributed by atoms with van der Waals surface area (Å²) < 4.78 is 10.2. The molecule has 1 rings (SSSR count). The Morgan fingerprint density at radius 3 is 1.62 bits per heavy atom. The fourth-order valence-electron chi connectivity index (χ4n) is 0.545. The molecule has 0 heterocycles. The molecule has 7 heteroatoms. The zero-order chi connectivity index (χ0) is 10.5. The van der Waals surface area contributed by atoms with Crippen molar-refractivity contribution in [1.82, 2.24) is 0 Å². The van der Waals surface area contributed by atoms with Crippen molar-refractivity contribution in [3.8, 4) is 5.75 Å². The van der Waals surface area contributed by atoms with Crippen LogP contribution in [0.25, 0.3) is 0 Å². The first-order valence-corrected chi connectivity index (χ1v) is 6.45. The summed E-state index contributed by atoms with van der Waals surface area (Å²) in [4.78, 5) is 21.6. The van der Waals surface area contributed by atoms with Gasteiger partial charge in [0.15, 0.2) is 0 Å². The van der Waals surface area contributed by atoms with Crippen molar-refractivity contribution >= 4 is 56.4 Å². The van der Waals surface area contributed by atoms with Gasteiger partial charge >= 0.3 is 91.6 Å². The first kappa shape index (κ1) is 13.8. The van der Waals surface area contributed by atoms with Gasteiger partial charge in [-0.25, -0.2) is 4.57 Å². The van der Waals surface area contributed by atoms with E-state index in [-0.39, 0.29) is 0 Å². The Balaban J connectivity index is 0.000000252. The fraction of sp³-hybridized carbons (Fsp3) is 0. The molecule has 68 valence electrons. The molecule has 5 nitrogen and oxygen atoms in total. The molecule has 4 N–H and O–H groups in total. The van der Waals surface area contributed by atoms with E-state index in [0.717, 1.165) is 49.0 Å². The van der Waals surface area contributed by atoms with Crippen molar-refractivity contribution in [2.75, 3.05) is 0 Å². The van der Waals surface area contributed by atoms with Crippen LogP contribution in [0, 0.1) is 0 Å². The van der Waals surface area contributed by atoms with Gasteiger partial charge in [-0.2, -0.15) is 0 Å². The van der Waals surface area contributed by atoms with Crippen LogP contribution in [0.2, 0.25) is 0 Å². The van der Waals surface area contributed by atoms with Gasteiger partial charge in [0.25, 0.3) is 0 Å². The van der Waals surface area contributed by atoms with Gasteiger partial charge in [-0.15, -0.1) is 0 Å². The maximum absolute atomic E-state index is 8.88. The predicted molar refractivity (Wildman–Crippen MR) is 47.8 cm³/mol. The van der Waals surface area contributed by atoms with E-state index in [4.69, 9.17) is 24.4 Å². The topological polar surface area (TPSA) is 98.0 Å². The molecule has 13 heavy (non-hydrogen) atoms. The average molecular weight is 230 g/mol. The number of hydrogen-bond acceptors (Lipinski definition) is 2. The Labute approximate surface area is 109 Å². The number of phenolic OH excluding ortho intramolecular Hbond substituents is 1. The Kier molecular flexibility index (Phi) is 6.66. The summed E-state index contributed by atoms with van der Waals surface area (Å²) in [6.45, 7) is 0. The van der Waals surface area contributed by atoms with Crippen LogP contribution in [-0.2, 0) is 4.57 Å². The van der Waals surface area contributed by atoms with Crippen molar-refractivity contribution in [3.63, 3.8) is 0 Å². The van der Waals surface area contributed by atoms with Crippen molar-refractivity contribution < 1.29 is 24.4 Å². The minimum absolute atomic E-state index is 0.359. The minimum atomic E-state index is -4.64. The summed E-state index contributed by atoms with van der Waals surface area (Å²) in [5.41, 5.74) is 0. The number of benzene rings is 1. The second kappa shape index (κ2) is 6.29. The molecular formula is C6H8KO5P. The van der Waals surface area contributed by atoms with Crippen LogP contribution in [0.15, 0.2) is 24.3 Å². The van der Waals surface area contributed by atoms with E-state index in [9.17, 15) is 0 Å². The van der Waals surface area contributed by atoms with Crippen molar-refractivity contribution in [2.45, 2.75) is 0 Å². The molecular weight excluding hydrogens is 222 g/mol. The van der Waals surface area contributed by atoms with Gasteiger partial charge in [-0.1, -0.05) is 0 Å². The number of aromatic hydroxyl groups is 1. The normalized spacial score (nSPS) is 10.2. The number of rotatable bonds is 0. The molecule has 0 aliphatic rings. The molecule has 0 spiro atoms. The summed E-state index contributed by atoms with van der Waals surface area (Å²) in [6.07, 6.45) is 0. The molecule has 1 aromatic rings. The van der Waals surface area contributed by atoms with Crippen molar-refractivity contribution in [3.05, 3.63) is 24.3 Å². The zero-order valence-corrected chi connectivity index (χ0v) is 11.0. The van der Waals surface area contributed by atoms with Gasteiger partial charge in [0.2, 0.25) is 0 Å². The summed E-state index contributed by atoms with van der Waals surface area (Å²) in [6, 6.07) is 7.35. The molecule has 0 radical (unpaired) electrons. The molecule has 1 aromatic carbocycles. The van der Waals surface area contributed by atoms with Gasteiger partial charge < -0.3 is 14.7 Å². The van der Waals surface area contributed by atoms with Crippen LogP contribution >= 0.6 is 7.82 Å². The summed E-state index contributed by atoms with van der Waals surface area (Å²) in [5, 5.41) is 8.78. The van der Waals surface area contributed by atoms with Crippen molar-refractivity contribution in [2.24, 2.45) is 0 Å². The van der Waals surface area contributed by atoms with E-state index in [2.05, 4.69) is 0 Å². The van der Waals surface area contributed by atoms with Gasteiger partial charge in [0.1, 0.15) is 0 Å². The molecule has 0 unspecified atom stereocenters. The van der Waals surface area contributed by atoms with Crippen LogP contribution in [0.3, 0.4) is 0 Å². The standard InChI is InChI=1S/C6H5O.K.H3O4P/c7-6-4-2-1-3-5-6;;1-5(2,3)4/h2-5,7H;;(H3,1,2,3,4). The second-order valence-corrected chi connectivity index (χ2v) is 5.18. The van der Waals surface area contributed by atoms with Crippen LogP contribution in [-0.4, -0.2) is 68.7 Å². The number of phenols is 1. The van der Waals surface area contributed by atoms with Crippen LogP contribution < -0.4 is -0.342 Å². The Morgan fingerprint density at radius 1 is 1.08 bits per heavy atom. The molecule has 0 saturated carbocycles. The molecule has 0 aliphatic heterocycles. The first-order chi connectivity index (χ1) is 5.79. The summed E-state index contributed by atoms with van der Waals surface area (Å²) in [5.74, 6) is 0.359. The third-order valence-corrected chi connectivity index (χ3v) is 2.08. The number of phosphoric acid groups is 1. The van der Waals surface area contributed by atoms with Gasteiger partial charge in [-0.05, 0) is 0 Å². The van der Waals surface area contributed by atoms with E-state index < -0.39 is 7.82 Å². The third-order valence-electron chi connectivity index (χ3n) is 1.03. The first-order valence-electron chi connectivity index (χ1n) is 3.33. The Bertz CT molecular complexity index is 263. The van der Waals surface area contributed by atoms with E-state index in [0.29, 0.717) is 5.75 Å². The van der Waals surface area contributed by atoms with Crippen LogP contribution in [0.5, 0.6) is 5.75 Å². The van der Waals surface area contributed by atoms with Crippen LogP contribution in [0.1, 0.15) is 0 Å². The monoisotopic (exact) mass is 230 g/mol. The SMILES string of the molecule is O=P(O)(O)O.Oc1cc[c]([K])cc1. The molecule has 0 amide bonds. The van der Waals surface area contributed by atoms with E-state index in [1.807, 2.05) is 12.1 Å². The number of hydrogen-bond donors (Lipinski definition) is 4. The molecule has 0 fully saturated rings. The fourth-order valence-corrected chi connectivity index (χ4v) is 1.07. The van der Waals surface area contributed by atoms with Crippen molar-refractivity contribution in [1.29, 1.82) is 0 Å². The van der Waals surface area contributed by atoms with E-state index in [1.54, 1.807) is 12.1 Å². The third kappa shape index (κ3) is 12.8. The zero-order valence-electron chi connectivity index (χ0n) is 6.95. The molecule has 0 atom stereocenters. The van der Waals surface area contributed by atoms with E-state index in [1.165, 1.54) is -0.342 Å². The Morgan fingerprint density at radius 2 is 1.38 bits per heavy atom. The van der Waals surface area contributed by atoms with Gasteiger partial charge in [-0.3, -0.25) is 0 Å². The summed E-state index contributed by atoms with van der Waals surface area (Å²) >= 11 is 0.737. The molecule has 0 aliphatic carbocycles. The van der Waals surface area contributed by atoms with Crippen LogP contribution in [0.4, 0.5) is 0 Å². The quantitative estimate of drug-likeness (QED) is 0.347. The molecule has 0 saturated heterocycles. The van der Waals surface area contributed by atoms with Gasteiger partial charge in [0.05, 0.1) is 0 Å². The predicted octanol–water partition coefficient (Wildman–Crippen LogP) is -0.743. The second-order valence-electron chi connectivity index (χ2n) is 2.35. The van der Waals surface area contributed by atoms with E-state index >= 15 is 0 Å². The Hall–Kier alpha value is 0.766. The molecule has 0 aromatic heterocycles. The molecule has 0 bridgehead atoms. The van der Waals surface area contributed by atoms with Gasteiger partial charge in [0, 0.05) is 0 Å². The maximum atomic E-state index is 8.88. The average Bonchev–Trinajstić information content (AvgIpc) is 1.92. The summed E-state index contributed by atoms with van der Waals surface area (Å²) in [7, 11) is -4.64.